The van der Waals surface area contributed by atoms with Crippen LogP contribution in [0.4, 0.5) is 5.69 Å². The van der Waals surface area contributed by atoms with Crippen LogP contribution in [-0.4, -0.2) is 29.4 Å². The SMILES string of the molecule is C[Si](C)(C)O[C@@H]1Cc2ccccc2N(S(=O)(=O)c2ccc(Cl)cc2)C1. The van der Waals surface area contributed by atoms with E-state index in [0.29, 0.717) is 11.6 Å². The number of sulfonamides is 1. The van der Waals surface area contributed by atoms with Crippen molar-refractivity contribution in [3.63, 3.8) is 0 Å². The molecule has 0 amide bonds. The molecule has 0 bridgehead atoms. The van der Waals surface area contributed by atoms with E-state index in [0.717, 1.165) is 17.7 Å². The van der Waals surface area contributed by atoms with Crippen molar-refractivity contribution in [1.82, 2.24) is 0 Å². The van der Waals surface area contributed by atoms with Gasteiger partial charge in [-0.3, -0.25) is 4.31 Å². The maximum Gasteiger partial charge on any atom is 0.264 e. The molecule has 0 aliphatic carbocycles. The molecule has 1 atom stereocenters. The Morgan fingerprint density at radius 3 is 2.36 bits per heavy atom. The quantitative estimate of drug-likeness (QED) is 0.724. The van der Waals surface area contributed by atoms with Crippen molar-refractivity contribution < 1.29 is 12.8 Å². The molecule has 1 aliphatic rings. The molecular weight excluding hydrogens is 374 g/mol. The summed E-state index contributed by atoms with van der Waals surface area (Å²) in [4.78, 5) is 0.236. The minimum Gasteiger partial charge on any atom is -0.413 e. The van der Waals surface area contributed by atoms with E-state index in [2.05, 4.69) is 19.6 Å². The van der Waals surface area contributed by atoms with Crippen molar-refractivity contribution in [3.8, 4) is 0 Å². The van der Waals surface area contributed by atoms with Gasteiger partial charge in [-0.25, -0.2) is 8.42 Å². The summed E-state index contributed by atoms with van der Waals surface area (Å²) in [5, 5.41) is 0.512. The fourth-order valence-electron chi connectivity index (χ4n) is 3.06. The second-order valence-electron chi connectivity index (χ2n) is 7.18. The normalized spacial score (nSPS) is 18.1. The molecule has 0 N–H and O–H groups in total. The molecule has 0 saturated heterocycles. The van der Waals surface area contributed by atoms with Gasteiger partial charge in [-0.1, -0.05) is 29.8 Å². The predicted octanol–water partition coefficient (Wildman–Crippen LogP) is 4.31. The average molecular weight is 396 g/mol. The molecule has 2 aromatic carbocycles. The third-order valence-corrected chi connectivity index (χ3v) is 7.09. The van der Waals surface area contributed by atoms with Crippen LogP contribution in [-0.2, 0) is 20.9 Å². The monoisotopic (exact) mass is 395 g/mol. The van der Waals surface area contributed by atoms with Crippen molar-refractivity contribution in [2.24, 2.45) is 0 Å². The molecule has 0 radical (unpaired) electrons. The molecule has 25 heavy (non-hydrogen) atoms. The van der Waals surface area contributed by atoms with Gasteiger partial charge in [-0.2, -0.15) is 0 Å². The number of benzene rings is 2. The standard InChI is InChI=1S/C18H22ClNO3SSi/c1-25(2,3)23-16-12-14-6-4-5-7-18(14)20(13-16)24(21,22)17-10-8-15(19)9-11-17/h4-11,16H,12-13H2,1-3H3/t16-/m1/s1. The number of anilines is 1. The Bertz CT molecular complexity index is 863. The van der Waals surface area contributed by atoms with Crippen LogP contribution in [0.2, 0.25) is 24.7 Å². The van der Waals surface area contributed by atoms with E-state index < -0.39 is 18.3 Å². The molecule has 0 saturated carbocycles. The first-order chi connectivity index (χ1) is 11.7. The zero-order valence-corrected chi connectivity index (χ0v) is 17.1. The van der Waals surface area contributed by atoms with Gasteiger partial charge in [0, 0.05) is 11.4 Å². The Labute approximate surface area is 155 Å². The summed E-state index contributed by atoms with van der Waals surface area (Å²) < 4.78 is 34.1. The third kappa shape index (κ3) is 4.08. The van der Waals surface area contributed by atoms with Crippen LogP contribution in [0.3, 0.4) is 0 Å². The first-order valence-electron chi connectivity index (χ1n) is 8.21. The highest BCUT2D eigenvalue weighted by Gasteiger charge is 2.35. The van der Waals surface area contributed by atoms with Gasteiger partial charge in [-0.15, -0.1) is 0 Å². The first kappa shape index (κ1) is 18.4. The number of hydrogen-bond acceptors (Lipinski definition) is 3. The lowest BCUT2D eigenvalue weighted by atomic mass is 10.0. The van der Waals surface area contributed by atoms with Gasteiger partial charge >= 0.3 is 0 Å². The van der Waals surface area contributed by atoms with Gasteiger partial charge in [0.25, 0.3) is 10.0 Å². The predicted molar refractivity (Wildman–Crippen MR) is 104 cm³/mol. The summed E-state index contributed by atoms with van der Waals surface area (Å²) in [5.74, 6) is 0. The van der Waals surface area contributed by atoms with Gasteiger partial charge in [0.2, 0.25) is 0 Å². The number of rotatable bonds is 4. The van der Waals surface area contributed by atoms with Crippen LogP contribution in [0.1, 0.15) is 5.56 Å². The van der Waals surface area contributed by atoms with Crippen molar-refractivity contribution in [2.45, 2.75) is 37.1 Å². The fraction of sp³-hybridized carbons (Fsp3) is 0.333. The van der Waals surface area contributed by atoms with E-state index in [-0.39, 0.29) is 11.0 Å². The van der Waals surface area contributed by atoms with Crippen molar-refractivity contribution >= 4 is 35.6 Å². The first-order valence-corrected chi connectivity index (χ1v) is 13.4. The maximum atomic E-state index is 13.2. The van der Waals surface area contributed by atoms with Gasteiger partial charge in [-0.05, 0) is 55.5 Å². The molecule has 1 aliphatic heterocycles. The summed E-state index contributed by atoms with van der Waals surface area (Å²) in [6, 6.07) is 13.9. The molecule has 3 rings (SSSR count). The highest BCUT2D eigenvalue weighted by molar-refractivity contribution is 7.92. The summed E-state index contributed by atoms with van der Waals surface area (Å²) in [5.41, 5.74) is 1.72. The van der Waals surface area contributed by atoms with Gasteiger partial charge in [0.1, 0.15) is 0 Å². The molecule has 0 fully saturated rings. The maximum absolute atomic E-state index is 13.2. The minimum absolute atomic E-state index is 0.136. The lowest BCUT2D eigenvalue weighted by Gasteiger charge is -2.37. The molecule has 4 nitrogen and oxygen atoms in total. The van der Waals surface area contributed by atoms with E-state index in [1.807, 2.05) is 24.3 Å². The smallest absolute Gasteiger partial charge is 0.264 e. The number of halogens is 1. The Morgan fingerprint density at radius 1 is 1.08 bits per heavy atom. The van der Waals surface area contributed by atoms with Gasteiger partial charge in [0.05, 0.1) is 23.2 Å². The Morgan fingerprint density at radius 2 is 1.72 bits per heavy atom. The molecule has 7 heteroatoms. The Kier molecular flexibility index (Phi) is 4.99. The fourth-order valence-corrected chi connectivity index (χ4v) is 5.88. The van der Waals surface area contributed by atoms with Crippen LogP contribution < -0.4 is 4.31 Å². The lowest BCUT2D eigenvalue weighted by molar-refractivity contribution is 0.199. The van der Waals surface area contributed by atoms with Crippen LogP contribution in [0.5, 0.6) is 0 Å². The largest absolute Gasteiger partial charge is 0.413 e. The highest BCUT2D eigenvalue weighted by Crippen LogP contribution is 2.33. The minimum atomic E-state index is -3.67. The van der Waals surface area contributed by atoms with Crippen molar-refractivity contribution in [3.05, 3.63) is 59.1 Å². The van der Waals surface area contributed by atoms with Crippen LogP contribution >= 0.6 is 11.6 Å². The Balaban J connectivity index is 2.02. The van der Waals surface area contributed by atoms with E-state index >= 15 is 0 Å². The second kappa shape index (κ2) is 6.76. The lowest BCUT2D eigenvalue weighted by Crippen LogP contribution is -2.46. The third-order valence-electron chi connectivity index (χ3n) is 4.00. The molecule has 0 spiro atoms. The summed E-state index contributed by atoms with van der Waals surface area (Å²) >= 11 is 5.90. The highest BCUT2D eigenvalue weighted by atomic mass is 35.5. The van der Waals surface area contributed by atoms with E-state index in [4.69, 9.17) is 16.0 Å². The molecule has 134 valence electrons. The zero-order chi connectivity index (χ0) is 18.2. The van der Waals surface area contributed by atoms with Crippen molar-refractivity contribution in [2.75, 3.05) is 10.8 Å². The van der Waals surface area contributed by atoms with Gasteiger partial charge in [0.15, 0.2) is 8.32 Å². The van der Waals surface area contributed by atoms with Crippen LogP contribution in [0.15, 0.2) is 53.4 Å². The summed E-state index contributed by atoms with van der Waals surface area (Å²) in [6.45, 7) is 6.68. The van der Waals surface area contributed by atoms with Crippen LogP contribution in [0.25, 0.3) is 0 Å². The summed E-state index contributed by atoms with van der Waals surface area (Å²) in [6.07, 6.45) is 0.594. The number of fused-ring (bicyclic) bond motifs is 1. The number of nitrogens with zero attached hydrogens (tertiary/aromatic N) is 1. The van der Waals surface area contributed by atoms with E-state index in [9.17, 15) is 8.42 Å². The molecule has 0 unspecified atom stereocenters. The topological polar surface area (TPSA) is 46.6 Å². The average Bonchev–Trinajstić information content (AvgIpc) is 2.53. The Hall–Kier alpha value is -1.34. The van der Waals surface area contributed by atoms with Gasteiger partial charge < -0.3 is 4.43 Å². The van der Waals surface area contributed by atoms with Crippen LogP contribution in [0, 0.1) is 0 Å². The van der Waals surface area contributed by atoms with E-state index in [1.165, 1.54) is 4.31 Å². The zero-order valence-electron chi connectivity index (χ0n) is 14.6. The van der Waals surface area contributed by atoms with Crippen molar-refractivity contribution in [1.29, 1.82) is 0 Å². The number of hydrogen-bond donors (Lipinski definition) is 0. The molecule has 2 aromatic rings. The van der Waals surface area contributed by atoms with E-state index in [1.54, 1.807) is 24.3 Å². The molecule has 0 aromatic heterocycles. The summed E-state index contributed by atoms with van der Waals surface area (Å²) in [7, 11) is -5.45. The molecule has 1 heterocycles. The number of para-hydroxylation sites is 1. The second-order valence-corrected chi connectivity index (χ2v) is 13.9. The molecular formula is C18H22ClNO3SSi.